The smallest absolute Gasteiger partial charge is 0.330 e. The SMILES string of the molecule is C=CC(=O)OCCNCCC(C)CC(C)(C)CN(C)C. The summed E-state index contributed by atoms with van der Waals surface area (Å²) in [6, 6.07) is 0. The highest BCUT2D eigenvalue weighted by molar-refractivity contribution is 5.81. The van der Waals surface area contributed by atoms with Crippen LogP contribution in [0.2, 0.25) is 0 Å². The molecule has 0 aromatic rings. The molecule has 1 N–H and O–H groups in total. The van der Waals surface area contributed by atoms with E-state index in [0.29, 0.717) is 24.5 Å². The molecule has 0 aliphatic heterocycles. The fourth-order valence-electron chi connectivity index (χ4n) is 2.72. The Morgan fingerprint density at radius 1 is 1.40 bits per heavy atom. The normalized spacial score (nSPS) is 13.3. The van der Waals surface area contributed by atoms with Gasteiger partial charge < -0.3 is 15.0 Å². The largest absolute Gasteiger partial charge is 0.461 e. The number of hydrogen-bond acceptors (Lipinski definition) is 4. The van der Waals surface area contributed by atoms with Gasteiger partial charge in [0, 0.05) is 19.2 Å². The standard InChI is InChI=1S/C16H32N2O2/c1-7-15(19)20-11-10-17-9-8-14(2)12-16(3,4)13-18(5)6/h7,14,17H,1,8-13H2,2-6H3. The molecule has 0 heterocycles. The van der Waals surface area contributed by atoms with E-state index < -0.39 is 0 Å². The van der Waals surface area contributed by atoms with Crippen molar-refractivity contribution in [2.24, 2.45) is 11.3 Å². The molecule has 0 radical (unpaired) electrons. The molecule has 0 bridgehead atoms. The van der Waals surface area contributed by atoms with Crippen molar-refractivity contribution in [3.8, 4) is 0 Å². The average molecular weight is 284 g/mol. The first-order chi connectivity index (χ1) is 9.26. The fourth-order valence-corrected chi connectivity index (χ4v) is 2.72. The number of carbonyl (C=O) groups excluding carboxylic acids is 1. The summed E-state index contributed by atoms with van der Waals surface area (Å²) >= 11 is 0. The monoisotopic (exact) mass is 284 g/mol. The van der Waals surface area contributed by atoms with Crippen LogP contribution in [0.5, 0.6) is 0 Å². The third-order valence-electron chi connectivity index (χ3n) is 3.15. The summed E-state index contributed by atoms with van der Waals surface area (Å²) in [5.74, 6) is 0.332. The van der Waals surface area contributed by atoms with Gasteiger partial charge in [-0.1, -0.05) is 27.4 Å². The minimum Gasteiger partial charge on any atom is -0.461 e. The van der Waals surface area contributed by atoms with Crippen molar-refractivity contribution in [3.05, 3.63) is 12.7 Å². The zero-order valence-electron chi connectivity index (χ0n) is 13.9. The Labute approximate surface area is 124 Å². The van der Waals surface area contributed by atoms with E-state index in [-0.39, 0.29) is 5.97 Å². The summed E-state index contributed by atoms with van der Waals surface area (Å²) in [5, 5.41) is 3.30. The van der Waals surface area contributed by atoms with Crippen LogP contribution in [0.4, 0.5) is 0 Å². The van der Waals surface area contributed by atoms with Crippen molar-refractivity contribution in [3.63, 3.8) is 0 Å². The van der Waals surface area contributed by atoms with Gasteiger partial charge in [-0.05, 0) is 44.8 Å². The van der Waals surface area contributed by atoms with E-state index >= 15 is 0 Å². The van der Waals surface area contributed by atoms with Crippen LogP contribution in [0.25, 0.3) is 0 Å². The summed E-state index contributed by atoms with van der Waals surface area (Å²) in [5.41, 5.74) is 0.350. The summed E-state index contributed by atoms with van der Waals surface area (Å²) in [6.45, 7) is 13.5. The molecule has 0 aliphatic carbocycles. The molecule has 0 aromatic carbocycles. The molecule has 1 unspecified atom stereocenters. The second-order valence-corrected chi connectivity index (χ2v) is 6.62. The van der Waals surface area contributed by atoms with Gasteiger partial charge in [0.1, 0.15) is 6.61 Å². The summed E-state index contributed by atoms with van der Waals surface area (Å²) < 4.78 is 4.90. The highest BCUT2D eigenvalue weighted by atomic mass is 16.5. The summed E-state index contributed by atoms with van der Waals surface area (Å²) in [4.78, 5) is 13.1. The molecule has 4 heteroatoms. The van der Waals surface area contributed by atoms with E-state index in [9.17, 15) is 4.79 Å². The lowest BCUT2D eigenvalue weighted by Crippen LogP contribution is -2.31. The first-order valence-electron chi connectivity index (χ1n) is 7.41. The average Bonchev–Trinajstić information content (AvgIpc) is 2.30. The van der Waals surface area contributed by atoms with Crippen molar-refractivity contribution in [1.29, 1.82) is 0 Å². The van der Waals surface area contributed by atoms with E-state index in [1.807, 2.05) is 0 Å². The lowest BCUT2D eigenvalue weighted by Gasteiger charge is -2.31. The number of hydrogen-bond donors (Lipinski definition) is 1. The quantitative estimate of drug-likeness (QED) is 0.359. The van der Waals surface area contributed by atoms with Crippen LogP contribution in [-0.4, -0.2) is 51.2 Å². The topological polar surface area (TPSA) is 41.6 Å². The van der Waals surface area contributed by atoms with Crippen LogP contribution < -0.4 is 5.32 Å². The first-order valence-corrected chi connectivity index (χ1v) is 7.41. The van der Waals surface area contributed by atoms with Crippen LogP contribution in [0, 0.1) is 11.3 Å². The molecule has 118 valence electrons. The Bertz CT molecular complexity index is 288. The number of ether oxygens (including phenoxy) is 1. The van der Waals surface area contributed by atoms with Gasteiger partial charge in [-0.3, -0.25) is 0 Å². The molecule has 0 fully saturated rings. The van der Waals surface area contributed by atoms with Gasteiger partial charge in [-0.25, -0.2) is 4.79 Å². The van der Waals surface area contributed by atoms with Crippen LogP contribution >= 0.6 is 0 Å². The molecule has 4 nitrogen and oxygen atoms in total. The molecular formula is C16H32N2O2. The maximum absolute atomic E-state index is 10.8. The van der Waals surface area contributed by atoms with E-state index in [1.165, 1.54) is 12.5 Å². The zero-order valence-corrected chi connectivity index (χ0v) is 13.9. The molecule has 1 atom stereocenters. The Morgan fingerprint density at radius 2 is 2.05 bits per heavy atom. The predicted molar refractivity (Wildman–Crippen MR) is 84.8 cm³/mol. The van der Waals surface area contributed by atoms with Crippen molar-refractivity contribution in [1.82, 2.24) is 10.2 Å². The minimum absolute atomic E-state index is 0.350. The number of rotatable bonds is 11. The van der Waals surface area contributed by atoms with Gasteiger partial charge in [0.25, 0.3) is 0 Å². The molecule has 0 spiro atoms. The summed E-state index contributed by atoms with van der Waals surface area (Å²) in [7, 11) is 4.25. The minimum atomic E-state index is -0.356. The van der Waals surface area contributed by atoms with Crippen LogP contribution in [0.3, 0.4) is 0 Å². The molecule has 20 heavy (non-hydrogen) atoms. The van der Waals surface area contributed by atoms with Gasteiger partial charge in [-0.15, -0.1) is 0 Å². The van der Waals surface area contributed by atoms with Gasteiger partial charge in [0.15, 0.2) is 0 Å². The number of nitrogens with one attached hydrogen (secondary N) is 1. The van der Waals surface area contributed by atoms with Crippen molar-refractivity contribution >= 4 is 5.97 Å². The highest BCUT2D eigenvalue weighted by Crippen LogP contribution is 2.27. The molecule has 0 aromatic heterocycles. The second kappa shape index (κ2) is 9.94. The van der Waals surface area contributed by atoms with Gasteiger partial charge in [-0.2, -0.15) is 0 Å². The molecule has 0 saturated heterocycles. The van der Waals surface area contributed by atoms with E-state index in [4.69, 9.17) is 4.74 Å². The third-order valence-corrected chi connectivity index (χ3v) is 3.15. The molecule has 0 amide bonds. The maximum Gasteiger partial charge on any atom is 0.330 e. The zero-order chi connectivity index (χ0) is 15.6. The van der Waals surface area contributed by atoms with Crippen molar-refractivity contribution in [2.75, 3.05) is 40.3 Å². The lowest BCUT2D eigenvalue weighted by atomic mass is 9.82. The highest BCUT2D eigenvalue weighted by Gasteiger charge is 2.21. The maximum atomic E-state index is 10.8. The number of nitrogens with zero attached hydrogens (tertiary/aromatic N) is 1. The Morgan fingerprint density at radius 3 is 2.60 bits per heavy atom. The molecule has 0 saturated carbocycles. The second-order valence-electron chi connectivity index (χ2n) is 6.62. The van der Waals surface area contributed by atoms with Crippen LogP contribution in [0.1, 0.15) is 33.6 Å². The van der Waals surface area contributed by atoms with E-state index in [0.717, 1.165) is 19.5 Å². The number of esters is 1. The van der Waals surface area contributed by atoms with Gasteiger partial charge in [0.2, 0.25) is 0 Å². The fraction of sp³-hybridized carbons (Fsp3) is 0.812. The third kappa shape index (κ3) is 11.0. The lowest BCUT2D eigenvalue weighted by molar-refractivity contribution is -0.137. The van der Waals surface area contributed by atoms with Crippen LogP contribution in [-0.2, 0) is 9.53 Å². The van der Waals surface area contributed by atoms with Crippen molar-refractivity contribution < 1.29 is 9.53 Å². The Kier molecular flexibility index (Phi) is 9.51. The predicted octanol–water partition coefficient (Wildman–Crippen LogP) is 2.31. The van der Waals surface area contributed by atoms with E-state index in [2.05, 4.69) is 51.7 Å². The number of carbonyl (C=O) groups is 1. The van der Waals surface area contributed by atoms with Crippen molar-refractivity contribution in [2.45, 2.75) is 33.6 Å². The Balaban J connectivity index is 3.65. The molecular weight excluding hydrogens is 252 g/mol. The first kappa shape index (κ1) is 19.1. The molecule has 0 aliphatic rings. The molecule has 0 rings (SSSR count). The summed E-state index contributed by atoms with van der Waals surface area (Å²) in [6.07, 6.45) is 3.56. The Hall–Kier alpha value is -0.870. The van der Waals surface area contributed by atoms with E-state index in [1.54, 1.807) is 0 Å². The van der Waals surface area contributed by atoms with Crippen LogP contribution in [0.15, 0.2) is 12.7 Å². The van der Waals surface area contributed by atoms with Gasteiger partial charge >= 0.3 is 5.97 Å². The van der Waals surface area contributed by atoms with Gasteiger partial charge in [0.05, 0.1) is 0 Å².